The van der Waals surface area contributed by atoms with Crippen LogP contribution in [0.25, 0.3) is 0 Å². The summed E-state index contributed by atoms with van der Waals surface area (Å²) in [5, 5.41) is 9.19. The Kier molecular flexibility index (Phi) is 4.52. The lowest BCUT2D eigenvalue weighted by molar-refractivity contribution is 0.298. The number of halogens is 2. The first-order chi connectivity index (χ1) is 9.52. The topological polar surface area (TPSA) is 66.0 Å². The first kappa shape index (κ1) is 14.7. The van der Waals surface area contributed by atoms with Gasteiger partial charge in [-0.2, -0.15) is 0 Å². The Balaban J connectivity index is 2.38. The van der Waals surface area contributed by atoms with Crippen LogP contribution in [0.1, 0.15) is 22.6 Å². The number of benzene rings is 1. The molecule has 0 saturated carbocycles. The van der Waals surface area contributed by atoms with E-state index < -0.39 is 5.82 Å². The molecule has 0 unspecified atom stereocenters. The minimum atomic E-state index is -0.433. The van der Waals surface area contributed by atoms with E-state index in [9.17, 15) is 9.18 Å². The largest absolute Gasteiger partial charge is 0.396 e. The van der Waals surface area contributed by atoms with Gasteiger partial charge in [0.05, 0.1) is 0 Å². The van der Waals surface area contributed by atoms with Crippen molar-refractivity contribution in [3.63, 3.8) is 0 Å². The zero-order chi connectivity index (χ0) is 14.7. The molecule has 1 aromatic heterocycles. The van der Waals surface area contributed by atoms with Gasteiger partial charge in [0.1, 0.15) is 11.6 Å². The lowest BCUT2D eigenvalue weighted by atomic mass is 10.1. The second-order valence-electron chi connectivity index (χ2n) is 4.43. The molecule has 1 heterocycles. The maximum Gasteiger partial charge on any atom is 0.254 e. The first-order valence-electron chi connectivity index (χ1n) is 6.15. The smallest absolute Gasteiger partial charge is 0.254 e. The van der Waals surface area contributed by atoms with Crippen molar-refractivity contribution in [1.82, 2.24) is 9.97 Å². The average molecular weight is 297 g/mol. The molecular formula is C14H14ClFN2O2. The summed E-state index contributed by atoms with van der Waals surface area (Å²) in [6.07, 6.45) is 0.357. The summed E-state index contributed by atoms with van der Waals surface area (Å²) in [6, 6.07) is 4.42. The van der Waals surface area contributed by atoms with Crippen LogP contribution < -0.4 is 5.56 Å². The number of hydrogen-bond acceptors (Lipinski definition) is 3. The van der Waals surface area contributed by atoms with Crippen LogP contribution in [0.5, 0.6) is 0 Å². The minimum absolute atomic E-state index is 0.112. The molecule has 2 aromatic rings. The molecule has 0 aliphatic carbocycles. The van der Waals surface area contributed by atoms with Crippen LogP contribution in [-0.4, -0.2) is 21.7 Å². The number of H-pyrrole nitrogens is 1. The van der Waals surface area contributed by atoms with E-state index in [2.05, 4.69) is 9.97 Å². The Bertz CT molecular complexity index is 665. The molecule has 0 radical (unpaired) electrons. The molecule has 4 nitrogen and oxygen atoms in total. The van der Waals surface area contributed by atoms with Gasteiger partial charge in [0.15, 0.2) is 0 Å². The molecular weight excluding hydrogens is 283 g/mol. The quantitative estimate of drug-likeness (QED) is 0.907. The summed E-state index contributed by atoms with van der Waals surface area (Å²) in [5.41, 5.74) is 0.960. The summed E-state index contributed by atoms with van der Waals surface area (Å²) >= 11 is 5.95. The number of aliphatic hydroxyl groups is 1. The Morgan fingerprint density at radius 2 is 2.15 bits per heavy atom. The van der Waals surface area contributed by atoms with E-state index in [1.54, 1.807) is 13.0 Å². The second kappa shape index (κ2) is 6.15. The van der Waals surface area contributed by atoms with Crippen LogP contribution in [0.3, 0.4) is 0 Å². The number of aliphatic hydroxyl groups excluding tert-OH is 1. The van der Waals surface area contributed by atoms with E-state index in [4.69, 9.17) is 16.7 Å². The number of aromatic amines is 1. The molecule has 0 aliphatic rings. The fourth-order valence-corrected chi connectivity index (χ4v) is 2.26. The van der Waals surface area contributed by atoms with Crippen LogP contribution in [0.4, 0.5) is 4.39 Å². The van der Waals surface area contributed by atoms with Gasteiger partial charge in [0, 0.05) is 41.3 Å². The Hall–Kier alpha value is -1.72. The number of nitrogens with zero attached hydrogens (tertiary/aromatic N) is 1. The first-order valence-corrected chi connectivity index (χ1v) is 6.53. The predicted octanol–water partition coefficient (Wildman–Crippen LogP) is 2.00. The lowest BCUT2D eigenvalue weighted by Gasteiger charge is -2.08. The number of nitrogens with one attached hydrogen (secondary N) is 1. The molecule has 2 rings (SSSR count). The molecule has 0 bridgehead atoms. The highest BCUT2D eigenvalue weighted by molar-refractivity contribution is 6.31. The number of rotatable bonds is 4. The fourth-order valence-electron chi connectivity index (χ4n) is 2.03. The van der Waals surface area contributed by atoms with Gasteiger partial charge in [0.25, 0.3) is 5.56 Å². The third-order valence-electron chi connectivity index (χ3n) is 3.04. The monoisotopic (exact) mass is 296 g/mol. The van der Waals surface area contributed by atoms with Gasteiger partial charge in [-0.1, -0.05) is 17.7 Å². The van der Waals surface area contributed by atoms with Crippen LogP contribution in [-0.2, 0) is 12.8 Å². The van der Waals surface area contributed by atoms with Crippen LogP contribution in [0.15, 0.2) is 23.0 Å². The molecule has 0 amide bonds. The van der Waals surface area contributed by atoms with Crippen LogP contribution in [0, 0.1) is 12.7 Å². The van der Waals surface area contributed by atoms with Gasteiger partial charge in [-0.05, 0) is 19.1 Å². The summed E-state index contributed by atoms with van der Waals surface area (Å²) in [4.78, 5) is 18.7. The van der Waals surface area contributed by atoms with Crippen molar-refractivity contribution in [3.05, 3.63) is 62.0 Å². The van der Waals surface area contributed by atoms with Crippen molar-refractivity contribution >= 4 is 11.6 Å². The van der Waals surface area contributed by atoms with Crippen molar-refractivity contribution in [1.29, 1.82) is 0 Å². The summed E-state index contributed by atoms with van der Waals surface area (Å²) in [6.45, 7) is 1.57. The van der Waals surface area contributed by atoms with E-state index in [1.807, 2.05) is 0 Å². The zero-order valence-electron chi connectivity index (χ0n) is 10.9. The fraction of sp³-hybridized carbons (Fsp3) is 0.286. The van der Waals surface area contributed by atoms with Gasteiger partial charge >= 0.3 is 0 Å². The van der Waals surface area contributed by atoms with Gasteiger partial charge < -0.3 is 10.1 Å². The lowest BCUT2D eigenvalue weighted by Crippen LogP contribution is -2.20. The highest BCUT2D eigenvalue weighted by Crippen LogP contribution is 2.21. The van der Waals surface area contributed by atoms with Crippen LogP contribution >= 0.6 is 11.6 Å². The Labute approximate surface area is 120 Å². The Morgan fingerprint density at radius 3 is 2.75 bits per heavy atom. The van der Waals surface area contributed by atoms with Crippen molar-refractivity contribution < 1.29 is 9.50 Å². The van der Waals surface area contributed by atoms with E-state index >= 15 is 0 Å². The van der Waals surface area contributed by atoms with E-state index in [-0.39, 0.29) is 25.0 Å². The average Bonchev–Trinajstić information content (AvgIpc) is 2.38. The van der Waals surface area contributed by atoms with E-state index in [0.29, 0.717) is 27.7 Å². The molecule has 0 atom stereocenters. The number of aryl methyl sites for hydroxylation is 1. The minimum Gasteiger partial charge on any atom is -0.396 e. The predicted molar refractivity (Wildman–Crippen MR) is 74.6 cm³/mol. The molecule has 2 N–H and O–H groups in total. The summed E-state index contributed by atoms with van der Waals surface area (Å²) in [5.74, 6) is -0.0848. The maximum absolute atomic E-state index is 13.7. The molecule has 0 saturated heterocycles. The molecule has 20 heavy (non-hydrogen) atoms. The molecule has 6 heteroatoms. The van der Waals surface area contributed by atoms with E-state index in [1.165, 1.54) is 12.1 Å². The standard InChI is InChI=1S/C14H14ClFN2O2/c1-8-9(5-6-19)14(20)18-13(17-8)7-10-11(15)3-2-4-12(10)16/h2-4,19H,5-7H2,1H3,(H,17,18,20). The van der Waals surface area contributed by atoms with Gasteiger partial charge in [0.2, 0.25) is 0 Å². The molecule has 0 spiro atoms. The zero-order valence-corrected chi connectivity index (χ0v) is 11.7. The molecule has 0 fully saturated rings. The van der Waals surface area contributed by atoms with Crippen LogP contribution in [0.2, 0.25) is 5.02 Å². The normalized spacial score (nSPS) is 10.8. The van der Waals surface area contributed by atoms with E-state index in [0.717, 1.165) is 0 Å². The van der Waals surface area contributed by atoms with Crippen molar-refractivity contribution in [2.75, 3.05) is 6.61 Å². The molecule has 1 aromatic carbocycles. The molecule has 0 aliphatic heterocycles. The SMILES string of the molecule is Cc1nc(Cc2c(F)cccc2Cl)[nH]c(=O)c1CCO. The second-order valence-corrected chi connectivity index (χ2v) is 4.83. The summed E-state index contributed by atoms with van der Waals surface area (Å²) in [7, 11) is 0. The molecule has 106 valence electrons. The highest BCUT2D eigenvalue weighted by atomic mass is 35.5. The highest BCUT2D eigenvalue weighted by Gasteiger charge is 2.12. The van der Waals surface area contributed by atoms with Crippen molar-refractivity contribution in [2.45, 2.75) is 19.8 Å². The van der Waals surface area contributed by atoms with Crippen molar-refractivity contribution in [3.8, 4) is 0 Å². The Morgan fingerprint density at radius 1 is 1.40 bits per heavy atom. The van der Waals surface area contributed by atoms with Gasteiger partial charge in [-0.15, -0.1) is 0 Å². The van der Waals surface area contributed by atoms with Gasteiger partial charge in [-0.3, -0.25) is 4.79 Å². The number of aromatic nitrogens is 2. The maximum atomic E-state index is 13.7. The number of hydrogen-bond donors (Lipinski definition) is 2. The van der Waals surface area contributed by atoms with Crippen molar-refractivity contribution in [2.24, 2.45) is 0 Å². The van der Waals surface area contributed by atoms with Gasteiger partial charge in [-0.25, -0.2) is 9.37 Å². The third-order valence-corrected chi connectivity index (χ3v) is 3.39. The third kappa shape index (κ3) is 3.05. The summed E-state index contributed by atoms with van der Waals surface area (Å²) < 4.78 is 13.7.